The Morgan fingerprint density at radius 1 is 1.45 bits per heavy atom. The number of rotatable bonds is 6. The van der Waals surface area contributed by atoms with E-state index in [4.69, 9.17) is 11.6 Å². The molecular weight excluding hydrogens is 280 g/mol. The fraction of sp³-hybridized carbons (Fsp3) is 0.615. The predicted octanol–water partition coefficient (Wildman–Crippen LogP) is 1.72. The van der Waals surface area contributed by atoms with Crippen LogP contribution < -0.4 is 5.69 Å². The molecule has 1 atom stereocenters. The minimum absolute atomic E-state index is 0.128. The Kier molecular flexibility index (Phi) is 4.77. The number of aliphatic hydroxyl groups excluding tert-OH is 1. The van der Waals surface area contributed by atoms with Crippen molar-refractivity contribution in [1.82, 2.24) is 19.1 Å². The number of imidazole rings is 1. The first kappa shape index (κ1) is 15.0. The minimum Gasteiger partial charge on any atom is -0.393 e. The number of hydrogen-bond donors (Lipinski definition) is 1. The number of halogens is 1. The van der Waals surface area contributed by atoms with Gasteiger partial charge in [-0.15, -0.1) is 0 Å². The third-order valence-electron chi connectivity index (χ3n) is 3.40. The van der Waals surface area contributed by atoms with Crippen LogP contribution in [0.2, 0.25) is 5.28 Å². The van der Waals surface area contributed by atoms with Crippen LogP contribution in [0.3, 0.4) is 0 Å². The van der Waals surface area contributed by atoms with E-state index in [2.05, 4.69) is 9.97 Å². The summed E-state index contributed by atoms with van der Waals surface area (Å²) in [7, 11) is 1.68. The maximum absolute atomic E-state index is 12.2. The summed E-state index contributed by atoms with van der Waals surface area (Å²) in [5, 5.41) is 9.85. The molecule has 0 aromatic carbocycles. The van der Waals surface area contributed by atoms with Gasteiger partial charge in [0.25, 0.3) is 0 Å². The first-order chi connectivity index (χ1) is 9.54. The summed E-state index contributed by atoms with van der Waals surface area (Å²) in [5.41, 5.74) is 1.07. The number of fused-ring (bicyclic) bond motifs is 1. The second-order valence-corrected chi connectivity index (χ2v) is 5.26. The van der Waals surface area contributed by atoms with Crippen LogP contribution in [0.5, 0.6) is 0 Å². The highest BCUT2D eigenvalue weighted by Crippen LogP contribution is 2.13. The van der Waals surface area contributed by atoms with Gasteiger partial charge in [-0.2, -0.15) is 4.98 Å². The second kappa shape index (κ2) is 6.37. The molecule has 0 aliphatic rings. The van der Waals surface area contributed by atoms with Crippen LogP contribution in [-0.2, 0) is 13.6 Å². The Morgan fingerprint density at radius 2 is 2.20 bits per heavy atom. The van der Waals surface area contributed by atoms with Gasteiger partial charge in [-0.3, -0.25) is 9.13 Å². The molecular formula is C13H19ClN4O2. The number of aromatic nitrogens is 4. The summed E-state index contributed by atoms with van der Waals surface area (Å²) in [4.78, 5) is 20.2. The van der Waals surface area contributed by atoms with Gasteiger partial charge in [0, 0.05) is 13.6 Å². The largest absolute Gasteiger partial charge is 0.393 e. The zero-order valence-corrected chi connectivity index (χ0v) is 12.5. The molecule has 0 saturated heterocycles. The van der Waals surface area contributed by atoms with Gasteiger partial charge in [0.2, 0.25) is 5.28 Å². The van der Waals surface area contributed by atoms with Crippen LogP contribution in [0.1, 0.15) is 32.6 Å². The SMILES string of the molecule is CCC[C@H](O)CCCn1c(=O)n(C)c2cnc(Cl)nc21. The number of aryl methyl sites for hydroxylation is 2. The lowest BCUT2D eigenvalue weighted by Crippen LogP contribution is -2.23. The Bertz CT molecular complexity index is 650. The summed E-state index contributed by atoms with van der Waals surface area (Å²) < 4.78 is 3.09. The van der Waals surface area contributed by atoms with Crippen molar-refractivity contribution in [2.45, 2.75) is 45.3 Å². The molecule has 0 aliphatic heterocycles. The molecule has 110 valence electrons. The van der Waals surface area contributed by atoms with Crippen LogP contribution in [0.15, 0.2) is 11.0 Å². The first-order valence-electron chi connectivity index (χ1n) is 6.80. The molecule has 0 fully saturated rings. The molecule has 2 heterocycles. The topological polar surface area (TPSA) is 72.9 Å². The Balaban J connectivity index is 2.19. The summed E-state index contributed by atoms with van der Waals surface area (Å²) in [5.74, 6) is 0. The van der Waals surface area contributed by atoms with Gasteiger partial charge in [0.1, 0.15) is 5.52 Å². The van der Waals surface area contributed by atoms with E-state index in [0.717, 1.165) is 19.3 Å². The quantitative estimate of drug-likeness (QED) is 0.824. The van der Waals surface area contributed by atoms with Crippen LogP contribution in [0.4, 0.5) is 0 Å². The van der Waals surface area contributed by atoms with Crippen molar-refractivity contribution in [2.24, 2.45) is 7.05 Å². The molecule has 2 aromatic rings. The molecule has 20 heavy (non-hydrogen) atoms. The van der Waals surface area contributed by atoms with E-state index < -0.39 is 0 Å². The maximum atomic E-state index is 12.2. The highest BCUT2D eigenvalue weighted by atomic mass is 35.5. The van der Waals surface area contributed by atoms with Crippen LogP contribution >= 0.6 is 11.6 Å². The summed E-state index contributed by atoms with van der Waals surface area (Å²) >= 11 is 5.79. The van der Waals surface area contributed by atoms with Crippen molar-refractivity contribution in [2.75, 3.05) is 0 Å². The monoisotopic (exact) mass is 298 g/mol. The van der Waals surface area contributed by atoms with Gasteiger partial charge in [-0.25, -0.2) is 9.78 Å². The fourth-order valence-corrected chi connectivity index (χ4v) is 2.45. The third-order valence-corrected chi connectivity index (χ3v) is 3.58. The number of nitrogens with zero attached hydrogens (tertiary/aromatic N) is 4. The van der Waals surface area contributed by atoms with E-state index >= 15 is 0 Å². The van der Waals surface area contributed by atoms with Crippen LogP contribution in [0, 0.1) is 0 Å². The molecule has 0 spiro atoms. The van der Waals surface area contributed by atoms with Gasteiger partial charge in [-0.05, 0) is 30.9 Å². The van der Waals surface area contributed by atoms with Crippen LogP contribution in [0.25, 0.3) is 11.2 Å². The lowest BCUT2D eigenvalue weighted by molar-refractivity contribution is 0.149. The first-order valence-corrected chi connectivity index (χ1v) is 7.18. The molecule has 0 radical (unpaired) electrons. The average Bonchev–Trinajstić information content (AvgIpc) is 2.63. The third kappa shape index (κ3) is 3.02. The number of aliphatic hydroxyl groups is 1. The lowest BCUT2D eigenvalue weighted by atomic mass is 10.1. The maximum Gasteiger partial charge on any atom is 0.330 e. The van der Waals surface area contributed by atoms with E-state index in [9.17, 15) is 9.90 Å². The summed E-state index contributed by atoms with van der Waals surface area (Å²) in [6.45, 7) is 2.56. The van der Waals surface area contributed by atoms with Crippen molar-refractivity contribution < 1.29 is 5.11 Å². The predicted molar refractivity (Wildman–Crippen MR) is 77.9 cm³/mol. The molecule has 6 nitrogen and oxygen atoms in total. The van der Waals surface area contributed by atoms with E-state index in [1.807, 2.05) is 6.92 Å². The fourth-order valence-electron chi connectivity index (χ4n) is 2.32. The minimum atomic E-state index is -0.302. The second-order valence-electron chi connectivity index (χ2n) is 4.93. The zero-order chi connectivity index (χ0) is 14.7. The van der Waals surface area contributed by atoms with Gasteiger partial charge < -0.3 is 5.11 Å². The molecule has 2 aromatic heterocycles. The van der Waals surface area contributed by atoms with Crippen molar-refractivity contribution in [3.8, 4) is 0 Å². The van der Waals surface area contributed by atoms with E-state index in [0.29, 0.717) is 24.1 Å². The molecule has 0 bridgehead atoms. The molecule has 0 saturated carbocycles. The standard InChI is InChI=1S/C13H19ClN4O2/c1-3-5-9(19)6-4-7-18-11-10(17(2)13(18)20)8-15-12(14)16-11/h8-9,19H,3-7H2,1-2H3/t9-/m0/s1. The molecule has 0 amide bonds. The lowest BCUT2D eigenvalue weighted by Gasteiger charge is -2.08. The number of hydrogen-bond acceptors (Lipinski definition) is 4. The highest BCUT2D eigenvalue weighted by Gasteiger charge is 2.13. The Morgan fingerprint density at radius 3 is 2.90 bits per heavy atom. The van der Waals surface area contributed by atoms with Crippen molar-refractivity contribution in [3.63, 3.8) is 0 Å². The summed E-state index contributed by atoms with van der Waals surface area (Å²) in [6.07, 6.45) is 4.39. The Hall–Kier alpha value is -1.40. The Labute approximate surface area is 122 Å². The molecule has 1 N–H and O–H groups in total. The van der Waals surface area contributed by atoms with E-state index in [1.54, 1.807) is 17.8 Å². The molecule has 2 rings (SSSR count). The zero-order valence-electron chi connectivity index (χ0n) is 11.7. The van der Waals surface area contributed by atoms with Crippen molar-refractivity contribution >= 4 is 22.8 Å². The van der Waals surface area contributed by atoms with Gasteiger partial charge in [0.05, 0.1) is 12.3 Å². The van der Waals surface area contributed by atoms with Gasteiger partial charge in [0.15, 0.2) is 5.65 Å². The van der Waals surface area contributed by atoms with E-state index in [-0.39, 0.29) is 17.1 Å². The van der Waals surface area contributed by atoms with Gasteiger partial charge in [-0.1, -0.05) is 13.3 Å². The van der Waals surface area contributed by atoms with Gasteiger partial charge >= 0.3 is 5.69 Å². The molecule has 0 unspecified atom stereocenters. The van der Waals surface area contributed by atoms with Crippen molar-refractivity contribution in [1.29, 1.82) is 0 Å². The normalized spacial score (nSPS) is 13.0. The average molecular weight is 299 g/mol. The van der Waals surface area contributed by atoms with Crippen LogP contribution in [-0.4, -0.2) is 30.3 Å². The molecule has 0 aliphatic carbocycles. The molecule has 7 heteroatoms. The highest BCUT2D eigenvalue weighted by molar-refractivity contribution is 6.28. The smallest absolute Gasteiger partial charge is 0.330 e. The van der Waals surface area contributed by atoms with Crippen molar-refractivity contribution in [3.05, 3.63) is 22.0 Å². The van der Waals surface area contributed by atoms with E-state index in [1.165, 1.54) is 4.57 Å². The summed E-state index contributed by atoms with van der Waals surface area (Å²) in [6, 6.07) is 0.